The van der Waals surface area contributed by atoms with Crippen molar-refractivity contribution >= 4 is 46.4 Å². The zero-order chi connectivity index (χ0) is 58.2. The molecule has 81 heavy (non-hydrogen) atoms. The van der Waals surface area contributed by atoms with E-state index < -0.39 is 70.8 Å². The lowest BCUT2D eigenvalue weighted by Crippen LogP contribution is -2.62. The SMILES string of the molecule is CCn1c(-c2cc(N3CCN(C4CC4)CC3)cnc2[C@H](C)OC)c2c3cc(ccc31)-c1cc(O)cc(c1)C[C@H](NC(=O)[C@H](C(C)C)N(C)C(=O)[C@@H]1CCN(C(=O)OC(C)(C)C)C[C@@H]1CO)C(=O)N1CCC[C@H](N1)C(=O)OCC(C)(C)C2. The lowest BCUT2D eigenvalue weighted by atomic mass is 9.84. The number of fused-ring (bicyclic) bond motifs is 6. The summed E-state index contributed by atoms with van der Waals surface area (Å²) in [6.45, 7) is 22.1. The van der Waals surface area contributed by atoms with E-state index in [1.165, 1.54) is 27.7 Å². The summed E-state index contributed by atoms with van der Waals surface area (Å²) in [5.74, 6) is -3.67. The predicted octanol–water partition coefficient (Wildman–Crippen LogP) is 7.08. The van der Waals surface area contributed by atoms with Gasteiger partial charge in [0.1, 0.15) is 29.5 Å². The highest BCUT2D eigenvalue weighted by Gasteiger charge is 2.43. The number of phenols is 1. The summed E-state index contributed by atoms with van der Waals surface area (Å²) in [5.41, 5.74) is 9.89. The largest absolute Gasteiger partial charge is 0.508 e. The number of carbonyl (C=O) groups is 5. The number of hydrogen-bond acceptors (Lipinski definition) is 14. The number of hydrogen-bond donors (Lipinski definition) is 4. The number of esters is 1. The first-order valence-corrected chi connectivity index (χ1v) is 29.4. The number of amides is 4. The average Bonchev–Trinajstić information content (AvgIpc) is 4.10. The van der Waals surface area contributed by atoms with Crippen molar-refractivity contribution < 1.29 is 48.4 Å². The van der Waals surface area contributed by atoms with Crippen LogP contribution in [0, 0.1) is 23.2 Å². The highest BCUT2D eigenvalue weighted by Crippen LogP contribution is 2.44. The minimum atomic E-state index is -1.22. The number of aryl methyl sites for hydroxylation is 1. The number of likely N-dealkylation sites (N-methyl/N-ethyl adjacent to an activating group) is 1. The van der Waals surface area contributed by atoms with Crippen molar-refractivity contribution in [2.75, 3.05) is 78.1 Å². The fourth-order valence-electron chi connectivity index (χ4n) is 12.7. The number of nitrogens with zero attached hydrogens (tertiary/aromatic N) is 7. The molecule has 9 rings (SSSR count). The summed E-state index contributed by atoms with van der Waals surface area (Å²) in [4.78, 5) is 84.7. The number of nitrogens with one attached hydrogen (secondary N) is 2. The van der Waals surface area contributed by atoms with E-state index in [0.29, 0.717) is 43.0 Å². The molecule has 6 atom stereocenters. The maximum absolute atomic E-state index is 15.0. The number of piperidine rings is 1. The fraction of sp³-hybridized carbons (Fsp3) is 0.613. The topological polar surface area (TPSA) is 212 Å². The van der Waals surface area contributed by atoms with Gasteiger partial charge >= 0.3 is 12.1 Å². The number of methoxy groups -OCH3 is 1. The molecule has 440 valence electrons. The van der Waals surface area contributed by atoms with Gasteiger partial charge in [0.25, 0.3) is 5.91 Å². The van der Waals surface area contributed by atoms with Crippen molar-refractivity contribution in [1.29, 1.82) is 0 Å². The third-order valence-corrected chi connectivity index (χ3v) is 17.1. The molecule has 1 saturated carbocycles. The molecule has 2 aromatic carbocycles. The van der Waals surface area contributed by atoms with Crippen molar-refractivity contribution in [3.8, 4) is 28.1 Å². The first kappa shape index (κ1) is 59.3. The van der Waals surface area contributed by atoms with E-state index in [1.54, 1.807) is 47.1 Å². The van der Waals surface area contributed by atoms with Gasteiger partial charge < -0.3 is 49.0 Å². The number of aromatic nitrogens is 2. The maximum atomic E-state index is 15.0. The molecular weight excluding hydrogens is 1030 g/mol. The van der Waals surface area contributed by atoms with Crippen molar-refractivity contribution in [2.24, 2.45) is 23.2 Å². The summed E-state index contributed by atoms with van der Waals surface area (Å²) in [6.07, 6.45) is 5.32. The molecule has 4 amide bonds. The Labute approximate surface area is 477 Å². The minimum Gasteiger partial charge on any atom is -0.508 e. The molecule has 2 aromatic heterocycles. The number of ether oxygens (including phenoxy) is 3. The number of phenolic OH excluding ortho intramolecular Hbond substituents is 1. The molecule has 0 spiro atoms. The number of aliphatic hydroxyl groups is 1. The van der Waals surface area contributed by atoms with Gasteiger partial charge in [0.05, 0.1) is 36.0 Å². The van der Waals surface area contributed by atoms with Crippen LogP contribution in [-0.4, -0.2) is 172 Å². The van der Waals surface area contributed by atoms with Crippen LogP contribution in [0.2, 0.25) is 0 Å². The summed E-state index contributed by atoms with van der Waals surface area (Å²) < 4.78 is 20.2. The van der Waals surface area contributed by atoms with Crippen LogP contribution in [0.5, 0.6) is 5.75 Å². The molecule has 4 aliphatic heterocycles. The highest BCUT2D eigenvalue weighted by atomic mass is 16.6. The molecule has 5 aliphatic rings. The summed E-state index contributed by atoms with van der Waals surface area (Å²) in [7, 11) is 3.26. The van der Waals surface area contributed by atoms with Gasteiger partial charge in [0.2, 0.25) is 11.8 Å². The smallest absolute Gasteiger partial charge is 0.410 e. The Balaban J connectivity index is 1.08. The first-order chi connectivity index (χ1) is 38.5. The van der Waals surface area contributed by atoms with E-state index in [0.717, 1.165) is 70.8 Å². The number of piperazine rings is 1. The Kier molecular flexibility index (Phi) is 17.8. The fourth-order valence-corrected chi connectivity index (χ4v) is 12.7. The van der Waals surface area contributed by atoms with E-state index in [4.69, 9.17) is 19.2 Å². The van der Waals surface area contributed by atoms with Crippen LogP contribution in [-0.2, 0) is 52.8 Å². The van der Waals surface area contributed by atoms with Gasteiger partial charge in [-0.15, -0.1) is 0 Å². The lowest BCUT2D eigenvalue weighted by molar-refractivity contribution is -0.155. The number of likely N-dealkylation sites (tertiary alicyclic amines) is 1. The lowest BCUT2D eigenvalue weighted by Gasteiger charge is -2.41. The Hall–Kier alpha value is -6.28. The molecule has 4 N–H and O–H groups in total. The molecule has 4 aromatic rings. The van der Waals surface area contributed by atoms with Crippen molar-refractivity contribution in [3.05, 3.63) is 65.5 Å². The number of aromatic hydroxyl groups is 1. The predicted molar refractivity (Wildman–Crippen MR) is 310 cm³/mol. The number of aliphatic hydroxyl groups excluding tert-OH is 1. The Morgan fingerprint density at radius 1 is 0.963 bits per heavy atom. The third kappa shape index (κ3) is 13.2. The second kappa shape index (κ2) is 24.3. The van der Waals surface area contributed by atoms with Crippen LogP contribution in [0.25, 0.3) is 33.3 Å². The second-order valence-corrected chi connectivity index (χ2v) is 25.4. The van der Waals surface area contributed by atoms with Gasteiger partial charge in [0.15, 0.2) is 0 Å². The molecular formula is C62H87N9O10. The highest BCUT2D eigenvalue weighted by molar-refractivity contribution is 5.96. The van der Waals surface area contributed by atoms with Gasteiger partial charge in [-0.1, -0.05) is 39.8 Å². The Morgan fingerprint density at radius 3 is 2.37 bits per heavy atom. The third-order valence-electron chi connectivity index (χ3n) is 17.1. The van der Waals surface area contributed by atoms with Gasteiger partial charge in [-0.05, 0) is 132 Å². The van der Waals surface area contributed by atoms with Crippen LogP contribution < -0.4 is 15.6 Å². The number of hydrazine groups is 1. The molecule has 1 aliphatic carbocycles. The van der Waals surface area contributed by atoms with Crippen LogP contribution in [0.15, 0.2) is 48.7 Å². The van der Waals surface area contributed by atoms with Crippen molar-refractivity contribution in [3.63, 3.8) is 0 Å². The summed E-state index contributed by atoms with van der Waals surface area (Å²) >= 11 is 0. The number of anilines is 1. The number of benzene rings is 2. The van der Waals surface area contributed by atoms with Crippen LogP contribution in [0.1, 0.15) is 117 Å². The Bertz CT molecular complexity index is 2980. The molecule has 3 saturated heterocycles. The van der Waals surface area contributed by atoms with Crippen LogP contribution in [0.4, 0.5) is 10.5 Å². The molecule has 0 unspecified atom stereocenters. The van der Waals surface area contributed by atoms with E-state index in [2.05, 4.69) is 64.1 Å². The van der Waals surface area contributed by atoms with Crippen molar-refractivity contribution in [1.82, 2.24) is 40.0 Å². The van der Waals surface area contributed by atoms with E-state index in [9.17, 15) is 34.2 Å². The average molecular weight is 1120 g/mol. The normalized spacial score (nSPS) is 23.0. The van der Waals surface area contributed by atoms with E-state index >= 15 is 0 Å². The van der Waals surface area contributed by atoms with Gasteiger partial charge in [-0.3, -0.25) is 34.1 Å². The monoisotopic (exact) mass is 1120 g/mol. The van der Waals surface area contributed by atoms with Crippen molar-refractivity contribution in [2.45, 2.75) is 150 Å². The zero-order valence-corrected chi connectivity index (χ0v) is 49.5. The number of carbonyl (C=O) groups excluding carboxylic acids is 5. The second-order valence-electron chi connectivity index (χ2n) is 25.4. The summed E-state index contributed by atoms with van der Waals surface area (Å²) in [6, 6.07) is 11.4. The van der Waals surface area contributed by atoms with Crippen LogP contribution in [0.3, 0.4) is 0 Å². The summed E-state index contributed by atoms with van der Waals surface area (Å²) in [5, 5.41) is 27.5. The van der Waals surface area contributed by atoms with E-state index in [1.807, 2.05) is 39.1 Å². The molecule has 6 bridgehead atoms. The van der Waals surface area contributed by atoms with Gasteiger partial charge in [-0.2, -0.15) is 0 Å². The quantitative estimate of drug-likeness (QED) is 0.105. The van der Waals surface area contributed by atoms with Gasteiger partial charge in [-0.25, -0.2) is 10.2 Å². The molecule has 0 radical (unpaired) electrons. The number of rotatable bonds is 12. The minimum absolute atomic E-state index is 0.0257. The van der Waals surface area contributed by atoms with Gasteiger partial charge in [0, 0.05) is 119 Å². The van der Waals surface area contributed by atoms with E-state index in [-0.39, 0.29) is 63.5 Å². The standard InChI is InChI=1S/C62H87N9O10/c1-12-70-52-18-15-40-30-47(52)49(55(70)48-31-44(33-63-53(48)38(4)79-11)68-24-22-67(23-25-68)43-16-17-43)32-62(8,9)36-80-59(77)50-14-13-20-71(65-50)58(76)51(28-39-26-41(40)29-45(73)27-39)64-56(74)54(37(2)3)66(10)57(75)46-19-21-69(34-42(46)35-72)60(78)81-61(5,6)7/h15,18,26-27,29-31,33,37-38,42-43,46,50-51,54,65,72-73H,12-14,16-17,19-25,28,32,34-36H2,1-11H3,(H,64,74)/t38-,42+,46+,50-,51-,54-/m0/s1. The maximum Gasteiger partial charge on any atom is 0.410 e. The van der Waals surface area contributed by atoms with Crippen LogP contribution >= 0.6 is 0 Å². The molecule has 4 fully saturated rings. The number of pyridine rings is 1. The zero-order valence-electron chi connectivity index (χ0n) is 49.5. The number of cyclic esters (lactones) is 1. The molecule has 6 heterocycles. The molecule has 19 heteroatoms. The first-order valence-electron chi connectivity index (χ1n) is 29.4. The molecule has 19 nitrogen and oxygen atoms in total. The Morgan fingerprint density at radius 2 is 1.70 bits per heavy atom.